The molecule has 0 bridgehead atoms. The molecule has 0 atom stereocenters. The molecule has 0 radical (unpaired) electrons. The normalized spacial score (nSPS) is 11.4. The minimum Gasteiger partial charge on any atom is -0.463 e. The van der Waals surface area contributed by atoms with Crippen LogP contribution in [0.4, 0.5) is 18.9 Å². The van der Waals surface area contributed by atoms with Crippen molar-refractivity contribution in [2.75, 3.05) is 17.7 Å². The standard InChI is InChI=1S/C19H17F3N2O3S/c1-2-27-16(25)10-7-13-5-8-14(9-6-13)24-17(26)15-4-3-11-23-18(15)28-12-19(20,21)22/h3-11H,2,12H2,1H3,(H,24,26)/b10-7+. The Morgan fingerprint density at radius 1 is 1.21 bits per heavy atom. The van der Waals surface area contributed by atoms with Crippen LogP contribution in [0.3, 0.4) is 0 Å². The van der Waals surface area contributed by atoms with Crippen LogP contribution in [0.2, 0.25) is 0 Å². The molecule has 0 aliphatic rings. The SMILES string of the molecule is CCOC(=O)/C=C/c1ccc(NC(=O)c2cccnc2SCC(F)(F)F)cc1. The zero-order valence-corrected chi connectivity index (χ0v) is 15.6. The number of carbonyl (C=O) groups excluding carboxylic acids is 2. The summed E-state index contributed by atoms with van der Waals surface area (Å²) in [5.74, 6) is -2.15. The van der Waals surface area contributed by atoms with Crippen LogP contribution < -0.4 is 5.32 Å². The van der Waals surface area contributed by atoms with E-state index in [0.29, 0.717) is 23.0 Å². The van der Waals surface area contributed by atoms with Crippen LogP contribution in [0.5, 0.6) is 0 Å². The van der Waals surface area contributed by atoms with Crippen molar-refractivity contribution in [1.82, 2.24) is 4.98 Å². The van der Waals surface area contributed by atoms with Crippen LogP contribution >= 0.6 is 11.8 Å². The maximum atomic E-state index is 12.4. The average molecular weight is 410 g/mol. The van der Waals surface area contributed by atoms with E-state index in [1.165, 1.54) is 24.4 Å². The van der Waals surface area contributed by atoms with Crippen LogP contribution in [0.25, 0.3) is 6.08 Å². The number of ether oxygens (including phenoxy) is 1. The summed E-state index contributed by atoms with van der Waals surface area (Å²) in [5.41, 5.74) is 1.23. The molecule has 1 heterocycles. The van der Waals surface area contributed by atoms with Crippen molar-refractivity contribution >= 4 is 35.4 Å². The number of aromatic nitrogens is 1. The van der Waals surface area contributed by atoms with E-state index >= 15 is 0 Å². The van der Waals surface area contributed by atoms with Crippen molar-refractivity contribution < 1.29 is 27.5 Å². The zero-order chi connectivity index (χ0) is 20.6. The summed E-state index contributed by atoms with van der Waals surface area (Å²) in [5, 5.41) is 2.62. The lowest BCUT2D eigenvalue weighted by Crippen LogP contribution is -2.15. The predicted molar refractivity (Wildman–Crippen MR) is 101 cm³/mol. The number of nitrogens with one attached hydrogen (secondary N) is 1. The molecule has 0 aliphatic carbocycles. The smallest absolute Gasteiger partial charge is 0.398 e. The molecule has 0 spiro atoms. The lowest BCUT2D eigenvalue weighted by molar-refractivity contribution is -0.137. The second-order valence-corrected chi connectivity index (χ2v) is 6.39. The number of alkyl halides is 3. The third-order valence-electron chi connectivity index (χ3n) is 3.26. The lowest BCUT2D eigenvalue weighted by atomic mass is 10.2. The van der Waals surface area contributed by atoms with Crippen LogP contribution in [0.1, 0.15) is 22.8 Å². The van der Waals surface area contributed by atoms with Gasteiger partial charge in [0.25, 0.3) is 5.91 Å². The second kappa shape index (κ2) is 9.93. The molecule has 1 N–H and O–H groups in total. The number of anilines is 1. The van der Waals surface area contributed by atoms with Crippen molar-refractivity contribution in [3.8, 4) is 0 Å². The third kappa shape index (κ3) is 7.07. The monoisotopic (exact) mass is 410 g/mol. The molecule has 0 saturated heterocycles. The number of hydrogen-bond acceptors (Lipinski definition) is 5. The van der Waals surface area contributed by atoms with Gasteiger partial charge in [0.1, 0.15) is 5.03 Å². The highest BCUT2D eigenvalue weighted by Crippen LogP contribution is 2.28. The first kappa shape index (κ1) is 21.5. The summed E-state index contributed by atoms with van der Waals surface area (Å²) in [4.78, 5) is 27.6. The van der Waals surface area contributed by atoms with E-state index in [9.17, 15) is 22.8 Å². The van der Waals surface area contributed by atoms with Gasteiger partial charge in [-0.25, -0.2) is 9.78 Å². The molecule has 2 aromatic rings. The maximum Gasteiger partial charge on any atom is 0.398 e. The first-order valence-electron chi connectivity index (χ1n) is 8.19. The molecule has 1 aromatic carbocycles. The molecule has 0 fully saturated rings. The van der Waals surface area contributed by atoms with Gasteiger partial charge < -0.3 is 10.1 Å². The summed E-state index contributed by atoms with van der Waals surface area (Å²) >= 11 is 0.459. The summed E-state index contributed by atoms with van der Waals surface area (Å²) in [6.07, 6.45) is -0.170. The fourth-order valence-corrected chi connectivity index (χ4v) is 2.81. The lowest BCUT2D eigenvalue weighted by Gasteiger charge is -2.10. The van der Waals surface area contributed by atoms with Crippen molar-refractivity contribution in [3.05, 3.63) is 59.8 Å². The number of halogens is 3. The predicted octanol–water partition coefficient (Wildman–Crippen LogP) is 4.56. The highest BCUT2D eigenvalue weighted by Gasteiger charge is 2.28. The van der Waals surface area contributed by atoms with Gasteiger partial charge in [-0.2, -0.15) is 13.2 Å². The number of hydrogen-bond donors (Lipinski definition) is 1. The summed E-state index contributed by atoms with van der Waals surface area (Å²) in [6.45, 7) is 1.99. The molecular weight excluding hydrogens is 393 g/mol. The molecule has 1 amide bonds. The summed E-state index contributed by atoms with van der Waals surface area (Å²) in [6, 6.07) is 9.47. The molecule has 0 aliphatic heterocycles. The number of esters is 1. The van der Waals surface area contributed by atoms with Gasteiger partial charge in [-0.15, -0.1) is 0 Å². The Morgan fingerprint density at radius 2 is 1.93 bits per heavy atom. The van der Waals surface area contributed by atoms with Crippen molar-refractivity contribution in [3.63, 3.8) is 0 Å². The van der Waals surface area contributed by atoms with E-state index in [0.717, 1.165) is 0 Å². The first-order valence-corrected chi connectivity index (χ1v) is 9.18. The number of pyridine rings is 1. The number of nitrogens with zero attached hydrogens (tertiary/aromatic N) is 1. The maximum absolute atomic E-state index is 12.4. The Morgan fingerprint density at radius 3 is 2.57 bits per heavy atom. The van der Waals surface area contributed by atoms with Gasteiger partial charge >= 0.3 is 12.1 Å². The average Bonchev–Trinajstić information content (AvgIpc) is 2.65. The van der Waals surface area contributed by atoms with Crippen molar-refractivity contribution in [1.29, 1.82) is 0 Å². The molecule has 148 valence electrons. The molecule has 0 saturated carbocycles. The highest BCUT2D eigenvalue weighted by atomic mass is 32.2. The van der Waals surface area contributed by atoms with Gasteiger partial charge in [0.15, 0.2) is 0 Å². The third-order valence-corrected chi connectivity index (χ3v) is 4.33. The molecule has 28 heavy (non-hydrogen) atoms. The van der Waals surface area contributed by atoms with Gasteiger partial charge in [0, 0.05) is 18.0 Å². The van der Waals surface area contributed by atoms with E-state index in [4.69, 9.17) is 4.74 Å². The van der Waals surface area contributed by atoms with Crippen LogP contribution in [-0.4, -0.2) is 35.4 Å². The van der Waals surface area contributed by atoms with Crippen LogP contribution in [0.15, 0.2) is 53.7 Å². The number of carbonyl (C=O) groups is 2. The summed E-state index contributed by atoms with van der Waals surface area (Å²) in [7, 11) is 0. The number of benzene rings is 1. The van der Waals surface area contributed by atoms with Crippen molar-refractivity contribution in [2.45, 2.75) is 18.1 Å². The quantitative estimate of drug-likeness (QED) is 0.412. The molecule has 2 rings (SSSR count). The molecule has 1 aromatic heterocycles. The molecular formula is C19H17F3N2O3S. The molecule has 9 heteroatoms. The Bertz CT molecular complexity index is 852. The van der Waals surface area contributed by atoms with Gasteiger partial charge in [0.2, 0.25) is 0 Å². The fraction of sp³-hybridized carbons (Fsp3) is 0.211. The largest absolute Gasteiger partial charge is 0.463 e. The van der Waals surface area contributed by atoms with Crippen molar-refractivity contribution in [2.24, 2.45) is 0 Å². The molecule has 5 nitrogen and oxygen atoms in total. The summed E-state index contributed by atoms with van der Waals surface area (Å²) < 4.78 is 42.1. The zero-order valence-electron chi connectivity index (χ0n) is 14.8. The number of amides is 1. The number of thioether (sulfide) groups is 1. The van der Waals surface area contributed by atoms with Gasteiger partial charge in [0.05, 0.1) is 17.9 Å². The Kier molecular flexibility index (Phi) is 7.62. The molecule has 0 unspecified atom stereocenters. The topological polar surface area (TPSA) is 68.3 Å². The minimum atomic E-state index is -4.36. The highest BCUT2D eigenvalue weighted by molar-refractivity contribution is 7.99. The second-order valence-electron chi connectivity index (χ2n) is 5.42. The number of rotatable bonds is 7. The van der Waals surface area contributed by atoms with Gasteiger partial charge in [-0.3, -0.25) is 4.79 Å². The Balaban J connectivity index is 2.04. The van der Waals surface area contributed by atoms with Gasteiger partial charge in [-0.1, -0.05) is 23.9 Å². The van der Waals surface area contributed by atoms with E-state index in [1.807, 2.05) is 0 Å². The minimum absolute atomic E-state index is 0.00585. The van der Waals surface area contributed by atoms with Crippen LogP contribution in [0, 0.1) is 0 Å². The van der Waals surface area contributed by atoms with E-state index in [-0.39, 0.29) is 17.2 Å². The fourth-order valence-electron chi connectivity index (χ4n) is 2.06. The van der Waals surface area contributed by atoms with E-state index < -0.39 is 23.8 Å². The van der Waals surface area contributed by atoms with Crippen LogP contribution in [-0.2, 0) is 9.53 Å². The van der Waals surface area contributed by atoms with E-state index in [1.54, 1.807) is 37.3 Å². The Hall–Kier alpha value is -2.81. The first-order chi connectivity index (χ1) is 13.3. The van der Waals surface area contributed by atoms with E-state index in [2.05, 4.69) is 10.3 Å². The van der Waals surface area contributed by atoms with Gasteiger partial charge in [-0.05, 0) is 42.8 Å². The Labute approximate surface area is 164 Å².